The second kappa shape index (κ2) is 3.95. The van der Waals surface area contributed by atoms with Crippen LogP contribution < -0.4 is 5.73 Å². The van der Waals surface area contributed by atoms with Crippen LogP contribution in [0.15, 0.2) is 0 Å². The van der Waals surface area contributed by atoms with Crippen molar-refractivity contribution in [3.63, 3.8) is 0 Å². The van der Waals surface area contributed by atoms with E-state index in [1.165, 1.54) is 32.5 Å². The van der Waals surface area contributed by atoms with Crippen molar-refractivity contribution in [2.45, 2.75) is 18.9 Å². The normalized spacial score (nSPS) is 27.2. The average molecular weight is 183 g/mol. The van der Waals surface area contributed by atoms with E-state index in [4.69, 9.17) is 5.73 Å². The highest BCUT2D eigenvalue weighted by atomic mass is 15.2. The third kappa shape index (κ3) is 2.42. The Kier molecular flexibility index (Phi) is 2.86. The zero-order valence-electron chi connectivity index (χ0n) is 8.58. The molecule has 3 heteroatoms. The molecule has 0 radical (unpaired) electrons. The minimum Gasteiger partial charge on any atom is -0.325 e. The molecule has 2 rings (SSSR count). The van der Waals surface area contributed by atoms with Gasteiger partial charge < -0.3 is 15.5 Å². The lowest BCUT2D eigenvalue weighted by atomic mass is 9.95. The summed E-state index contributed by atoms with van der Waals surface area (Å²) >= 11 is 0. The van der Waals surface area contributed by atoms with Crippen LogP contribution in [0.4, 0.5) is 0 Å². The van der Waals surface area contributed by atoms with E-state index in [0.717, 1.165) is 19.0 Å². The number of hydrogen-bond donors (Lipinski definition) is 1. The predicted molar refractivity (Wildman–Crippen MR) is 54.6 cm³/mol. The fourth-order valence-electron chi connectivity index (χ4n) is 2.41. The summed E-state index contributed by atoms with van der Waals surface area (Å²) in [5.74, 6) is 0.986. The van der Waals surface area contributed by atoms with Crippen molar-refractivity contribution in [2.24, 2.45) is 11.7 Å². The summed E-state index contributed by atoms with van der Waals surface area (Å²) in [4.78, 5) is 4.86. The summed E-state index contributed by atoms with van der Waals surface area (Å²) in [5, 5.41) is 0. The van der Waals surface area contributed by atoms with Crippen molar-refractivity contribution >= 4 is 0 Å². The molecule has 0 atom stereocenters. The van der Waals surface area contributed by atoms with E-state index in [1.807, 2.05) is 0 Å². The van der Waals surface area contributed by atoms with Gasteiger partial charge in [0.15, 0.2) is 0 Å². The molecule has 0 saturated carbocycles. The fraction of sp³-hybridized carbons (Fsp3) is 1.00. The van der Waals surface area contributed by atoms with Crippen LogP contribution >= 0.6 is 0 Å². The SMILES string of the molecule is CN1CC(CCCN2CC(N)C2)C1. The Morgan fingerprint density at radius 1 is 1.23 bits per heavy atom. The second-order valence-corrected chi connectivity index (χ2v) is 4.75. The molecule has 3 nitrogen and oxygen atoms in total. The van der Waals surface area contributed by atoms with Crippen LogP contribution in [0.1, 0.15) is 12.8 Å². The highest BCUT2D eigenvalue weighted by Gasteiger charge is 2.25. The Bertz CT molecular complexity index is 142. The summed E-state index contributed by atoms with van der Waals surface area (Å²) in [7, 11) is 2.20. The van der Waals surface area contributed by atoms with Gasteiger partial charge in [0.1, 0.15) is 0 Å². The van der Waals surface area contributed by atoms with Gasteiger partial charge in [-0.15, -0.1) is 0 Å². The fourth-order valence-corrected chi connectivity index (χ4v) is 2.41. The van der Waals surface area contributed by atoms with Crippen molar-refractivity contribution < 1.29 is 0 Å². The van der Waals surface area contributed by atoms with E-state index in [2.05, 4.69) is 16.8 Å². The van der Waals surface area contributed by atoms with Gasteiger partial charge in [-0.25, -0.2) is 0 Å². The third-order valence-electron chi connectivity index (χ3n) is 3.21. The minimum absolute atomic E-state index is 0.467. The first-order valence-corrected chi connectivity index (χ1v) is 5.40. The number of nitrogens with zero attached hydrogens (tertiary/aromatic N) is 2. The van der Waals surface area contributed by atoms with Crippen LogP contribution in [0.5, 0.6) is 0 Å². The number of likely N-dealkylation sites (tertiary alicyclic amines) is 2. The van der Waals surface area contributed by atoms with E-state index in [-0.39, 0.29) is 0 Å². The molecule has 2 fully saturated rings. The molecule has 0 aliphatic carbocycles. The zero-order chi connectivity index (χ0) is 9.26. The first-order chi connectivity index (χ1) is 6.24. The topological polar surface area (TPSA) is 32.5 Å². The summed E-state index contributed by atoms with van der Waals surface area (Å²) in [6, 6.07) is 0.467. The van der Waals surface area contributed by atoms with Crippen LogP contribution in [-0.2, 0) is 0 Å². The number of rotatable bonds is 4. The Morgan fingerprint density at radius 2 is 1.92 bits per heavy atom. The summed E-state index contributed by atoms with van der Waals surface area (Å²) in [6.07, 6.45) is 2.78. The van der Waals surface area contributed by atoms with Gasteiger partial charge in [-0.05, 0) is 32.4 Å². The largest absolute Gasteiger partial charge is 0.325 e. The van der Waals surface area contributed by atoms with Crippen molar-refractivity contribution in [3.05, 3.63) is 0 Å². The molecule has 0 spiro atoms. The minimum atomic E-state index is 0.467. The maximum Gasteiger partial charge on any atom is 0.0297 e. The van der Waals surface area contributed by atoms with Gasteiger partial charge in [-0.2, -0.15) is 0 Å². The van der Waals surface area contributed by atoms with Crippen LogP contribution in [0.3, 0.4) is 0 Å². The highest BCUT2D eigenvalue weighted by molar-refractivity contribution is 4.83. The lowest BCUT2D eigenvalue weighted by Crippen LogP contribution is -2.55. The second-order valence-electron chi connectivity index (χ2n) is 4.75. The molecule has 0 amide bonds. The molecule has 0 aromatic rings. The van der Waals surface area contributed by atoms with Gasteiger partial charge in [-0.3, -0.25) is 0 Å². The third-order valence-corrected chi connectivity index (χ3v) is 3.21. The molecule has 0 bridgehead atoms. The van der Waals surface area contributed by atoms with Gasteiger partial charge >= 0.3 is 0 Å². The van der Waals surface area contributed by atoms with Crippen LogP contribution in [0, 0.1) is 5.92 Å². The molecule has 2 heterocycles. The molecule has 2 aliphatic heterocycles. The van der Waals surface area contributed by atoms with E-state index >= 15 is 0 Å². The Hall–Kier alpha value is -0.120. The van der Waals surface area contributed by atoms with Crippen molar-refractivity contribution in [3.8, 4) is 0 Å². The maximum atomic E-state index is 5.71. The smallest absolute Gasteiger partial charge is 0.0297 e. The van der Waals surface area contributed by atoms with Gasteiger partial charge in [0.05, 0.1) is 0 Å². The predicted octanol–water partition coefficient (Wildman–Crippen LogP) is -0.0289. The summed E-state index contributed by atoms with van der Waals surface area (Å²) in [5.41, 5.74) is 5.71. The van der Waals surface area contributed by atoms with Crippen LogP contribution in [-0.4, -0.2) is 55.6 Å². The molecule has 0 unspecified atom stereocenters. The van der Waals surface area contributed by atoms with Gasteiger partial charge in [0.25, 0.3) is 0 Å². The van der Waals surface area contributed by atoms with E-state index < -0.39 is 0 Å². The average Bonchev–Trinajstić information content (AvgIpc) is 1.97. The highest BCUT2D eigenvalue weighted by Crippen LogP contribution is 2.19. The lowest BCUT2D eigenvalue weighted by Gasteiger charge is -2.39. The van der Waals surface area contributed by atoms with Crippen molar-refractivity contribution in [2.75, 3.05) is 39.8 Å². The lowest BCUT2D eigenvalue weighted by molar-refractivity contribution is 0.107. The molecule has 2 saturated heterocycles. The first-order valence-electron chi connectivity index (χ1n) is 5.40. The molecular formula is C10H21N3. The van der Waals surface area contributed by atoms with Gasteiger partial charge in [0.2, 0.25) is 0 Å². The maximum absolute atomic E-state index is 5.71. The van der Waals surface area contributed by atoms with E-state index in [0.29, 0.717) is 6.04 Å². The molecule has 2 aliphatic rings. The van der Waals surface area contributed by atoms with E-state index in [9.17, 15) is 0 Å². The molecule has 0 aromatic carbocycles. The van der Waals surface area contributed by atoms with Crippen LogP contribution in [0.25, 0.3) is 0 Å². The first kappa shape index (κ1) is 9.44. The van der Waals surface area contributed by atoms with Crippen molar-refractivity contribution in [1.82, 2.24) is 9.80 Å². The summed E-state index contributed by atoms with van der Waals surface area (Å²) < 4.78 is 0. The quantitative estimate of drug-likeness (QED) is 0.664. The summed E-state index contributed by atoms with van der Waals surface area (Å²) in [6.45, 7) is 6.17. The van der Waals surface area contributed by atoms with Gasteiger partial charge in [-0.1, -0.05) is 0 Å². The monoisotopic (exact) mass is 183 g/mol. The Balaban J connectivity index is 1.46. The standard InChI is InChI=1S/C10H21N3/c1-12-5-9(6-12)3-2-4-13-7-10(11)8-13/h9-10H,2-8,11H2,1H3. The molecular weight excluding hydrogens is 162 g/mol. The zero-order valence-corrected chi connectivity index (χ0v) is 8.58. The van der Waals surface area contributed by atoms with Crippen molar-refractivity contribution in [1.29, 1.82) is 0 Å². The molecule has 13 heavy (non-hydrogen) atoms. The van der Waals surface area contributed by atoms with Gasteiger partial charge in [0, 0.05) is 32.2 Å². The van der Waals surface area contributed by atoms with Crippen LogP contribution in [0.2, 0.25) is 0 Å². The molecule has 76 valence electrons. The molecule has 2 N–H and O–H groups in total. The Morgan fingerprint density at radius 3 is 2.46 bits per heavy atom. The Labute approximate surface area is 80.9 Å². The molecule has 0 aromatic heterocycles. The van der Waals surface area contributed by atoms with E-state index in [1.54, 1.807) is 0 Å². The number of hydrogen-bond acceptors (Lipinski definition) is 3. The number of nitrogens with two attached hydrogens (primary N) is 1.